The molecule has 0 unspecified atom stereocenters. The first-order chi connectivity index (χ1) is 16.4. The highest BCUT2D eigenvalue weighted by Crippen LogP contribution is 2.17. The lowest BCUT2D eigenvalue weighted by atomic mass is 10.1. The van der Waals surface area contributed by atoms with Crippen LogP contribution < -0.4 is 16.4 Å². The van der Waals surface area contributed by atoms with Crippen LogP contribution in [0.5, 0.6) is 0 Å². The number of carbonyl (C=O) groups is 1. The second kappa shape index (κ2) is 8.83. The minimum absolute atomic E-state index is 0.0376. The van der Waals surface area contributed by atoms with Crippen LogP contribution in [-0.2, 0) is 17.8 Å². The van der Waals surface area contributed by atoms with Crippen LogP contribution in [0.25, 0.3) is 16.7 Å². The summed E-state index contributed by atoms with van der Waals surface area (Å²) in [4.78, 5) is 31.2. The van der Waals surface area contributed by atoms with Crippen LogP contribution in [0.2, 0.25) is 0 Å². The van der Waals surface area contributed by atoms with Gasteiger partial charge in [-0.1, -0.05) is 18.2 Å². The van der Waals surface area contributed by atoms with Crippen molar-refractivity contribution in [2.45, 2.75) is 39.0 Å². The van der Waals surface area contributed by atoms with Gasteiger partial charge >= 0.3 is 0 Å². The highest BCUT2D eigenvalue weighted by molar-refractivity contribution is 5.96. The Morgan fingerprint density at radius 1 is 1.26 bits per heavy atom. The number of fused-ring (bicyclic) bond motifs is 2. The lowest BCUT2D eigenvalue weighted by Gasteiger charge is -2.18. The zero-order valence-corrected chi connectivity index (χ0v) is 18.7. The van der Waals surface area contributed by atoms with Gasteiger partial charge in [0.25, 0.3) is 11.5 Å². The number of amides is 1. The zero-order chi connectivity index (χ0) is 23.8. The topological polar surface area (TPSA) is 101 Å². The first-order valence-corrected chi connectivity index (χ1v) is 11.2. The van der Waals surface area contributed by atoms with Crippen molar-refractivity contribution in [3.63, 3.8) is 0 Å². The molecule has 1 atom stereocenters. The molecule has 0 bridgehead atoms. The maximum Gasteiger partial charge on any atom is 0.267 e. The Balaban J connectivity index is 1.63. The molecule has 0 spiro atoms. The molecule has 1 amide bonds. The molecular formula is C25H24FN5O3. The van der Waals surface area contributed by atoms with Gasteiger partial charge in [0, 0.05) is 19.3 Å². The summed E-state index contributed by atoms with van der Waals surface area (Å²) < 4.78 is 22.0. The Morgan fingerprint density at radius 2 is 2.06 bits per heavy atom. The van der Waals surface area contributed by atoms with Gasteiger partial charge in [-0.05, 0) is 55.2 Å². The van der Waals surface area contributed by atoms with E-state index in [0.29, 0.717) is 24.4 Å². The summed E-state index contributed by atoms with van der Waals surface area (Å²) in [5, 5.41) is 11.8. The summed E-state index contributed by atoms with van der Waals surface area (Å²) in [5.41, 5.74) is 2.14. The average molecular weight is 461 g/mol. The molecule has 9 heteroatoms. The Morgan fingerprint density at radius 3 is 2.79 bits per heavy atom. The van der Waals surface area contributed by atoms with E-state index in [0.717, 1.165) is 24.0 Å². The highest BCUT2D eigenvalue weighted by atomic mass is 19.1. The SMILES string of the molecule is Cc1cccn2c(=O)c3cc(C(=O)NCc4ccc(F)cc4)c(=N)n(C[C@@H]4CCCO4)c3nc12. The number of aromatic nitrogens is 3. The predicted molar refractivity (Wildman–Crippen MR) is 124 cm³/mol. The lowest BCUT2D eigenvalue weighted by Crippen LogP contribution is -2.36. The lowest BCUT2D eigenvalue weighted by molar-refractivity contribution is 0.0931. The van der Waals surface area contributed by atoms with Gasteiger partial charge in [-0.25, -0.2) is 9.37 Å². The van der Waals surface area contributed by atoms with Crippen LogP contribution in [0.15, 0.2) is 53.5 Å². The Labute approximate surface area is 194 Å². The number of nitrogens with zero attached hydrogens (tertiary/aromatic N) is 3. The molecule has 1 aliphatic rings. The average Bonchev–Trinajstić information content (AvgIpc) is 3.34. The van der Waals surface area contributed by atoms with Gasteiger partial charge in [-0.2, -0.15) is 0 Å². The Hall–Kier alpha value is -3.85. The van der Waals surface area contributed by atoms with Gasteiger partial charge in [0.2, 0.25) is 0 Å². The maximum atomic E-state index is 13.4. The van der Waals surface area contributed by atoms with Crippen LogP contribution in [0.1, 0.15) is 34.3 Å². The van der Waals surface area contributed by atoms with Crippen LogP contribution in [0.4, 0.5) is 4.39 Å². The standard InChI is InChI=1S/C25H24FN5O3/c1-15-4-2-10-30-22(15)29-23-20(25(30)33)12-19(21(27)31(23)14-18-5-3-11-34-18)24(32)28-13-16-6-8-17(26)9-7-16/h2,4,6-10,12,18,27H,3,5,11,13-14H2,1H3,(H,28,32)/t18-/m0/s1. The second-order valence-corrected chi connectivity index (χ2v) is 8.50. The van der Waals surface area contributed by atoms with E-state index in [4.69, 9.17) is 15.1 Å². The van der Waals surface area contributed by atoms with Crippen LogP contribution in [0.3, 0.4) is 0 Å². The number of ether oxygens (including phenoxy) is 1. The molecule has 2 N–H and O–H groups in total. The fourth-order valence-electron chi connectivity index (χ4n) is 4.32. The third-order valence-electron chi connectivity index (χ3n) is 6.15. The van der Waals surface area contributed by atoms with E-state index in [-0.39, 0.29) is 40.5 Å². The molecule has 4 aromatic rings. The summed E-state index contributed by atoms with van der Waals surface area (Å²) >= 11 is 0. The molecule has 1 saturated heterocycles. The number of rotatable bonds is 5. The molecule has 3 aromatic heterocycles. The zero-order valence-electron chi connectivity index (χ0n) is 18.7. The van der Waals surface area contributed by atoms with E-state index in [2.05, 4.69) is 5.32 Å². The molecule has 0 aliphatic carbocycles. The van der Waals surface area contributed by atoms with E-state index in [1.165, 1.54) is 22.6 Å². The summed E-state index contributed by atoms with van der Waals surface area (Å²) in [6.45, 7) is 3.00. The molecule has 4 heterocycles. The quantitative estimate of drug-likeness (QED) is 0.446. The van der Waals surface area contributed by atoms with Gasteiger partial charge in [0.15, 0.2) is 0 Å². The minimum Gasteiger partial charge on any atom is -0.376 e. The Bertz CT molecular complexity index is 1520. The van der Waals surface area contributed by atoms with E-state index >= 15 is 0 Å². The van der Waals surface area contributed by atoms with Gasteiger partial charge in [0.05, 0.1) is 23.6 Å². The molecule has 1 aromatic carbocycles. The van der Waals surface area contributed by atoms with Crippen molar-refractivity contribution in [2.75, 3.05) is 6.61 Å². The number of carbonyl (C=O) groups excluding carboxylic acids is 1. The van der Waals surface area contributed by atoms with Crippen molar-refractivity contribution in [3.8, 4) is 0 Å². The second-order valence-electron chi connectivity index (χ2n) is 8.50. The fraction of sp³-hybridized carbons (Fsp3) is 0.280. The Kier molecular flexibility index (Phi) is 5.70. The summed E-state index contributed by atoms with van der Waals surface area (Å²) in [6, 6.07) is 10.9. The van der Waals surface area contributed by atoms with Crippen molar-refractivity contribution in [3.05, 3.63) is 87.0 Å². The maximum absolute atomic E-state index is 13.4. The number of benzene rings is 1. The van der Waals surface area contributed by atoms with Crippen molar-refractivity contribution in [1.29, 1.82) is 5.41 Å². The van der Waals surface area contributed by atoms with Crippen molar-refractivity contribution >= 4 is 22.6 Å². The number of hydrogen-bond donors (Lipinski definition) is 2. The van der Waals surface area contributed by atoms with Crippen molar-refractivity contribution in [2.24, 2.45) is 0 Å². The highest BCUT2D eigenvalue weighted by Gasteiger charge is 2.22. The number of nitrogens with one attached hydrogen (secondary N) is 2. The molecule has 1 aliphatic heterocycles. The molecule has 0 saturated carbocycles. The largest absolute Gasteiger partial charge is 0.376 e. The third-order valence-corrected chi connectivity index (χ3v) is 6.15. The predicted octanol–water partition coefficient (Wildman–Crippen LogP) is 2.69. The molecule has 1 fully saturated rings. The minimum atomic E-state index is -0.494. The van der Waals surface area contributed by atoms with Gasteiger partial charge < -0.3 is 14.6 Å². The first kappa shape index (κ1) is 22.0. The molecule has 34 heavy (non-hydrogen) atoms. The van der Waals surface area contributed by atoms with Gasteiger partial charge in [-0.3, -0.25) is 19.4 Å². The molecule has 5 rings (SSSR count). The monoisotopic (exact) mass is 461 g/mol. The van der Waals surface area contributed by atoms with Crippen LogP contribution in [-0.4, -0.2) is 32.6 Å². The molecule has 174 valence electrons. The van der Waals surface area contributed by atoms with Crippen LogP contribution in [0, 0.1) is 18.2 Å². The van der Waals surface area contributed by atoms with Gasteiger partial charge in [0.1, 0.15) is 22.6 Å². The van der Waals surface area contributed by atoms with Crippen molar-refractivity contribution in [1.82, 2.24) is 19.3 Å². The van der Waals surface area contributed by atoms with E-state index in [9.17, 15) is 14.0 Å². The van der Waals surface area contributed by atoms with Gasteiger partial charge in [-0.15, -0.1) is 0 Å². The summed E-state index contributed by atoms with van der Waals surface area (Å²) in [7, 11) is 0. The summed E-state index contributed by atoms with van der Waals surface area (Å²) in [5.74, 6) is -0.852. The molecular weight excluding hydrogens is 437 g/mol. The normalized spacial score (nSPS) is 15.8. The van der Waals surface area contributed by atoms with E-state index in [1.807, 2.05) is 13.0 Å². The number of halogens is 1. The third kappa shape index (κ3) is 3.99. The summed E-state index contributed by atoms with van der Waals surface area (Å²) in [6.07, 6.45) is 3.28. The number of aryl methyl sites for hydroxylation is 1. The van der Waals surface area contributed by atoms with Crippen LogP contribution >= 0.6 is 0 Å². The number of pyridine rings is 2. The smallest absolute Gasteiger partial charge is 0.267 e. The van der Waals surface area contributed by atoms with E-state index in [1.54, 1.807) is 29.0 Å². The number of hydrogen-bond acceptors (Lipinski definition) is 5. The van der Waals surface area contributed by atoms with E-state index < -0.39 is 5.91 Å². The van der Waals surface area contributed by atoms with Crippen molar-refractivity contribution < 1.29 is 13.9 Å². The molecule has 0 radical (unpaired) electrons. The fourth-order valence-corrected chi connectivity index (χ4v) is 4.32. The first-order valence-electron chi connectivity index (χ1n) is 11.2. The molecule has 8 nitrogen and oxygen atoms in total.